The van der Waals surface area contributed by atoms with Gasteiger partial charge in [0.05, 0.1) is 38.7 Å². The molecule has 4 atom stereocenters. The largest absolute Gasteiger partial charge is 0.405 e. The number of fused-ring (bicyclic) bond motifs is 4. The Morgan fingerprint density at radius 3 is 1.07 bits per heavy atom. The Labute approximate surface area is 700 Å². The van der Waals surface area contributed by atoms with Gasteiger partial charge in [-0.15, -0.1) is 0 Å². The zero-order chi connectivity index (χ0) is 87.9. The number of hydrogen-bond acceptors (Lipinski definition) is 20. The third-order valence-corrected chi connectivity index (χ3v) is 17.6. The first-order valence-electron chi connectivity index (χ1n) is 35.8. The molecule has 0 fully saturated rings. The number of anilines is 4. The highest BCUT2D eigenvalue weighted by Gasteiger charge is 2.35. The average molecular weight is 1790 g/mol. The first kappa shape index (κ1) is 92.2. The number of aryl methyl sites for hydroxylation is 1. The van der Waals surface area contributed by atoms with Gasteiger partial charge in [-0.25, -0.2) is 73.0 Å². The first-order chi connectivity index (χ1) is 56.4. The molecule has 28 nitrogen and oxygen atoms in total. The zero-order valence-corrected chi connectivity index (χ0v) is 66.6. The third kappa shape index (κ3) is 26.1. The quantitative estimate of drug-likeness (QED) is 0.0224. The SMILES string of the molecule is CC(C)C[C@@H](Nc1nc(-c2c[nH]c3ncc(Cl)cc23)ncc1F)C(=O)NCC(F)(F)F.CC(C)C[C@@H](Nc1nc(-c2cn(C)c3ncc(Cl)cc23)ncc1F)C(=O)NCC(F)(F)F.CCC(Nc1nc(-c2c[nH]c3ncc(Cl)cc23)ncc1F)C(=O)NCC(F)(F)F.CC[C@@H](Nc1ccnc(-c2c[nH]c3ncc(Cl)cc23)n1)C(=O)NCC(F)(F)F.[HH].[HH].[HH].[HH].[HH].[HH].[HH]. The lowest BCUT2D eigenvalue weighted by atomic mass is 10.0. The number of nitrogens with zero attached hydrogens (tertiary/aromatic N) is 13. The van der Waals surface area contributed by atoms with Crippen molar-refractivity contribution in [3.63, 3.8) is 0 Å². The van der Waals surface area contributed by atoms with Crippen molar-refractivity contribution >= 4 is 137 Å². The van der Waals surface area contributed by atoms with Gasteiger partial charge in [-0.3, -0.25) is 19.2 Å². The van der Waals surface area contributed by atoms with E-state index in [0.29, 0.717) is 92.7 Å². The van der Waals surface area contributed by atoms with Crippen LogP contribution in [0, 0.1) is 29.3 Å². The highest BCUT2D eigenvalue weighted by Crippen LogP contribution is 2.35. The van der Waals surface area contributed by atoms with E-state index >= 15 is 0 Å². The fourth-order valence-corrected chi connectivity index (χ4v) is 11.9. The van der Waals surface area contributed by atoms with Crippen molar-refractivity contribution < 1.29 is 95.0 Å². The summed E-state index contributed by atoms with van der Waals surface area (Å²) in [6.45, 7) is 4.57. The molecular formula is C73H85Cl4F15N24O4. The zero-order valence-electron chi connectivity index (χ0n) is 63.6. The molecule has 4 amide bonds. The average Bonchev–Trinajstić information content (AvgIpc) is 1.03. The molecule has 0 spiro atoms. The van der Waals surface area contributed by atoms with Crippen LogP contribution in [0.3, 0.4) is 0 Å². The Morgan fingerprint density at radius 1 is 0.417 bits per heavy atom. The van der Waals surface area contributed by atoms with Crippen molar-refractivity contribution in [2.24, 2.45) is 18.9 Å². The molecule has 12 aromatic rings. The number of rotatable bonds is 26. The molecule has 654 valence electrons. The second-order valence-corrected chi connectivity index (χ2v) is 28.8. The number of nitrogens with one attached hydrogen (secondary N) is 11. The molecule has 0 bridgehead atoms. The molecule has 0 radical (unpaired) electrons. The van der Waals surface area contributed by atoms with Crippen molar-refractivity contribution in [2.75, 3.05) is 47.4 Å². The van der Waals surface area contributed by atoms with E-state index in [1.54, 1.807) is 108 Å². The summed E-state index contributed by atoms with van der Waals surface area (Å²) < 4.78 is 193. The van der Waals surface area contributed by atoms with E-state index in [4.69, 9.17) is 46.4 Å². The van der Waals surface area contributed by atoms with Crippen molar-refractivity contribution in [3.05, 3.63) is 142 Å². The molecular weight excluding hydrogens is 1700 g/mol. The highest BCUT2D eigenvalue weighted by molar-refractivity contribution is 6.32. The van der Waals surface area contributed by atoms with Crippen molar-refractivity contribution in [2.45, 2.75) is 116 Å². The molecule has 0 aliphatic heterocycles. The van der Waals surface area contributed by atoms with Crippen molar-refractivity contribution in [1.82, 2.24) is 101 Å². The van der Waals surface area contributed by atoms with Crippen LogP contribution >= 0.6 is 46.4 Å². The molecule has 0 aliphatic rings. The van der Waals surface area contributed by atoms with Crippen LogP contribution in [0.5, 0.6) is 0 Å². The van der Waals surface area contributed by atoms with Gasteiger partial charge in [0.1, 0.15) is 78.8 Å². The summed E-state index contributed by atoms with van der Waals surface area (Å²) in [6, 6.07) is 3.96. The molecule has 47 heteroatoms. The van der Waals surface area contributed by atoms with Gasteiger partial charge in [0.25, 0.3) is 0 Å². The van der Waals surface area contributed by atoms with Crippen LogP contribution in [0.2, 0.25) is 20.1 Å². The summed E-state index contributed by atoms with van der Waals surface area (Å²) >= 11 is 24.0. The van der Waals surface area contributed by atoms with Crippen LogP contribution in [-0.2, 0) is 26.2 Å². The number of aromatic amines is 3. The number of hydrogen-bond donors (Lipinski definition) is 11. The Bertz CT molecular complexity index is 5630. The van der Waals surface area contributed by atoms with Gasteiger partial charge in [0, 0.05) is 117 Å². The van der Waals surface area contributed by atoms with E-state index < -0.39 is 116 Å². The summed E-state index contributed by atoms with van der Waals surface area (Å²) in [5.41, 5.74) is 4.43. The smallest absolute Gasteiger partial charge is 0.358 e. The lowest BCUT2D eigenvalue weighted by Crippen LogP contribution is -2.44. The topological polar surface area (TPSA) is 371 Å². The number of aromatic nitrogens is 16. The number of pyridine rings is 4. The lowest BCUT2D eigenvalue weighted by molar-refractivity contribution is -0.139. The minimum atomic E-state index is -4.56. The highest BCUT2D eigenvalue weighted by atomic mass is 35.5. The maximum absolute atomic E-state index is 14.5. The van der Waals surface area contributed by atoms with Crippen LogP contribution in [0.4, 0.5) is 89.1 Å². The van der Waals surface area contributed by atoms with E-state index in [2.05, 4.69) is 96.0 Å². The molecule has 12 rings (SSSR count). The number of carbonyl (C=O) groups excluding carboxylic acids is 4. The van der Waals surface area contributed by atoms with Gasteiger partial charge in [-0.05, 0) is 67.9 Å². The van der Waals surface area contributed by atoms with Crippen LogP contribution in [-0.4, -0.2) is 178 Å². The van der Waals surface area contributed by atoms with Crippen molar-refractivity contribution in [3.8, 4) is 45.6 Å². The standard InChI is InChI=1S/C20H21ClF4N6O.C19H19ClF4N6O.C17H15ClF4N6O.C17H16ClF3N6O.7H2/c1-10(2)4-15(19(32)28-9-20(23,24)25)29-17-14(22)7-26-16(30-17)13-8-31(3)18-12(13)5-11(21)6-27-18;1-9(2)3-14(18(31)28-8-19(22,23)24)29-17-13(21)7-27-16(30-17)12-6-26-15-11(12)4-10(20)5-25-15;1-2-12(16(29)26-7-17(20,21)22)27-15-11(19)6-25-14(28-15)10-5-24-13-9(10)3-8(18)4-23-13;1-2-12(16(28)25-8-17(19,20)21)26-13-3-4-22-15(27-13)11-7-24-14-10(11)5-9(18)6-23-14;;;;;;;/h5-8,10,15H,4,9H2,1-3H3,(H,28,32)(H,26,29,30);4-7,9,14H,3,8H2,1-2H3,(H,25,26)(H,28,31)(H,27,29,30);3-6,12H,2,7H2,1H3,(H,23,24)(H,26,29)(H,25,27,28);3-7,12H,2,8H2,1H3,(H,23,24)(H,25,28)(H,22,26,27);7*1H/t15-;14-;;12-;;;;;;;/m11.1......./s1. The second-order valence-electron chi connectivity index (χ2n) is 27.1. The van der Waals surface area contributed by atoms with E-state index in [9.17, 15) is 85.0 Å². The molecule has 0 aromatic carbocycles. The number of amides is 4. The minimum Gasteiger partial charge on any atom is -0.358 e. The molecule has 0 saturated heterocycles. The molecule has 12 heterocycles. The molecule has 12 aromatic heterocycles. The first-order valence-corrected chi connectivity index (χ1v) is 37.3. The maximum Gasteiger partial charge on any atom is 0.405 e. The number of halogens is 19. The van der Waals surface area contributed by atoms with Crippen molar-refractivity contribution in [1.29, 1.82) is 0 Å². The lowest BCUT2D eigenvalue weighted by Gasteiger charge is -2.21. The summed E-state index contributed by atoms with van der Waals surface area (Å²) in [5, 5.41) is 22.1. The predicted molar refractivity (Wildman–Crippen MR) is 433 cm³/mol. The van der Waals surface area contributed by atoms with Crippen LogP contribution in [0.25, 0.3) is 89.7 Å². The van der Waals surface area contributed by atoms with Gasteiger partial charge in [0.15, 0.2) is 58.2 Å². The predicted octanol–water partition coefficient (Wildman–Crippen LogP) is 17.6. The third-order valence-electron chi connectivity index (χ3n) is 16.7. The maximum atomic E-state index is 14.5. The number of carbonyl (C=O) groups is 4. The number of alkyl halides is 12. The Kier molecular flexibility index (Phi) is 30.6. The normalized spacial score (nSPS) is 12.8. The van der Waals surface area contributed by atoms with Crippen LogP contribution in [0.1, 0.15) is 77.2 Å². The second kappa shape index (κ2) is 39.9. The van der Waals surface area contributed by atoms with Crippen LogP contribution in [0.15, 0.2) is 105 Å². The van der Waals surface area contributed by atoms with E-state index in [1.807, 2.05) is 16.0 Å². The number of H-pyrrole nitrogens is 3. The fourth-order valence-electron chi connectivity index (χ4n) is 11.3. The van der Waals surface area contributed by atoms with Gasteiger partial charge in [-0.2, -0.15) is 52.7 Å². The molecule has 120 heavy (non-hydrogen) atoms. The van der Waals surface area contributed by atoms with Gasteiger partial charge in [0.2, 0.25) is 23.6 Å². The van der Waals surface area contributed by atoms with Gasteiger partial charge >= 0.3 is 24.7 Å². The minimum absolute atomic E-state index is 0. The Hall–Kier alpha value is -11.7. The summed E-state index contributed by atoms with van der Waals surface area (Å²) in [7, 11) is 1.76. The van der Waals surface area contributed by atoms with E-state index in [1.165, 1.54) is 37.1 Å². The van der Waals surface area contributed by atoms with E-state index in [0.717, 1.165) is 24.0 Å². The van der Waals surface area contributed by atoms with Gasteiger partial charge in [-0.1, -0.05) is 87.9 Å². The molecule has 0 aliphatic carbocycles. The van der Waals surface area contributed by atoms with Gasteiger partial charge < -0.3 is 62.1 Å². The molecule has 11 N–H and O–H groups in total. The Morgan fingerprint density at radius 2 is 0.725 bits per heavy atom. The summed E-state index contributed by atoms with van der Waals surface area (Å²) in [6.07, 6.45) is -0.762. The summed E-state index contributed by atoms with van der Waals surface area (Å²) in [5.74, 6) is -6.03. The summed E-state index contributed by atoms with van der Waals surface area (Å²) in [4.78, 5) is 107. The molecule has 0 saturated carbocycles. The van der Waals surface area contributed by atoms with E-state index in [-0.39, 0.29) is 82.4 Å². The fraction of sp³-hybridized carbons (Fsp3) is 0.342. The van der Waals surface area contributed by atoms with Crippen LogP contribution < -0.4 is 42.5 Å². The molecule has 1 unspecified atom stereocenters. The Balaban J connectivity index is 0.000000564. The monoisotopic (exact) mass is 1790 g/mol.